The van der Waals surface area contributed by atoms with Crippen molar-refractivity contribution in [2.45, 2.75) is 19.4 Å². The monoisotopic (exact) mass is 385 g/mol. The number of anilines is 1. The second-order valence-electron chi connectivity index (χ2n) is 6.40. The van der Waals surface area contributed by atoms with Gasteiger partial charge >= 0.3 is 5.76 Å². The highest BCUT2D eigenvalue weighted by atomic mass is 19.1. The largest absolute Gasteiger partial charge is 0.419 e. The Kier molecular flexibility index (Phi) is 5.88. The van der Waals surface area contributed by atoms with Crippen molar-refractivity contribution in [3.63, 3.8) is 0 Å². The van der Waals surface area contributed by atoms with Crippen LogP contribution in [0.1, 0.15) is 12.8 Å². The number of aryl methyl sites for hydroxylation is 1. The van der Waals surface area contributed by atoms with Crippen LogP contribution in [0.25, 0.3) is 11.1 Å². The number of aromatic nitrogens is 1. The van der Waals surface area contributed by atoms with Crippen molar-refractivity contribution in [1.29, 1.82) is 0 Å². The van der Waals surface area contributed by atoms with Gasteiger partial charge in [0.2, 0.25) is 11.8 Å². The fourth-order valence-corrected chi connectivity index (χ4v) is 2.84. The Labute approximate surface area is 160 Å². The molecule has 0 aliphatic rings. The number of benzene rings is 2. The summed E-state index contributed by atoms with van der Waals surface area (Å²) in [7, 11) is 1.53. The number of fused-ring (bicyclic) bond motifs is 1. The van der Waals surface area contributed by atoms with Crippen LogP contribution in [0.4, 0.5) is 10.1 Å². The summed E-state index contributed by atoms with van der Waals surface area (Å²) in [6.07, 6.45) is 0.623. The van der Waals surface area contributed by atoms with Gasteiger partial charge in [0.1, 0.15) is 5.82 Å². The van der Waals surface area contributed by atoms with Crippen LogP contribution in [-0.4, -0.2) is 34.9 Å². The minimum Gasteiger partial charge on any atom is -0.408 e. The van der Waals surface area contributed by atoms with E-state index in [1.807, 2.05) is 6.07 Å². The molecule has 2 aromatic carbocycles. The zero-order chi connectivity index (χ0) is 20.1. The Hall–Kier alpha value is -3.42. The number of carbonyl (C=O) groups excluding carboxylic acids is 2. The molecule has 1 aromatic heterocycles. The normalized spacial score (nSPS) is 10.8. The first-order chi connectivity index (χ1) is 13.4. The van der Waals surface area contributed by atoms with E-state index in [9.17, 15) is 18.8 Å². The van der Waals surface area contributed by atoms with E-state index in [-0.39, 0.29) is 24.8 Å². The molecule has 0 fully saturated rings. The quantitative estimate of drug-likeness (QED) is 0.678. The van der Waals surface area contributed by atoms with Crippen LogP contribution in [0.15, 0.2) is 57.7 Å². The lowest BCUT2D eigenvalue weighted by Crippen LogP contribution is -2.35. The molecule has 1 heterocycles. The highest BCUT2D eigenvalue weighted by Crippen LogP contribution is 2.13. The van der Waals surface area contributed by atoms with E-state index in [4.69, 9.17) is 4.42 Å². The van der Waals surface area contributed by atoms with Crippen molar-refractivity contribution in [1.82, 2.24) is 9.47 Å². The summed E-state index contributed by atoms with van der Waals surface area (Å²) in [4.78, 5) is 37.5. The van der Waals surface area contributed by atoms with Crippen molar-refractivity contribution in [2.24, 2.45) is 0 Å². The summed E-state index contributed by atoms with van der Waals surface area (Å²) >= 11 is 0. The minimum absolute atomic E-state index is 0.120. The summed E-state index contributed by atoms with van der Waals surface area (Å²) in [5, 5.41) is 2.60. The molecule has 0 spiro atoms. The van der Waals surface area contributed by atoms with Gasteiger partial charge in [-0.1, -0.05) is 12.1 Å². The third-order valence-electron chi connectivity index (χ3n) is 4.28. The summed E-state index contributed by atoms with van der Waals surface area (Å²) in [6, 6.07) is 12.5. The molecule has 0 unspecified atom stereocenters. The van der Waals surface area contributed by atoms with Crippen molar-refractivity contribution in [3.8, 4) is 0 Å². The summed E-state index contributed by atoms with van der Waals surface area (Å²) < 4.78 is 19.5. The molecule has 0 aliphatic heterocycles. The lowest BCUT2D eigenvalue weighted by molar-refractivity contribution is -0.133. The number of oxazole rings is 1. The van der Waals surface area contributed by atoms with Gasteiger partial charge in [0, 0.05) is 25.7 Å². The molecule has 0 atom stereocenters. The maximum atomic E-state index is 12.9. The van der Waals surface area contributed by atoms with Gasteiger partial charge < -0.3 is 14.6 Å². The van der Waals surface area contributed by atoms with Crippen LogP contribution >= 0.6 is 0 Å². The maximum Gasteiger partial charge on any atom is 0.419 e. The fraction of sp³-hybridized carbons (Fsp3) is 0.250. The Bertz CT molecular complexity index is 1040. The summed E-state index contributed by atoms with van der Waals surface area (Å²) in [5.74, 6) is -1.44. The van der Waals surface area contributed by atoms with Gasteiger partial charge in [-0.3, -0.25) is 14.2 Å². The van der Waals surface area contributed by atoms with Crippen molar-refractivity contribution >= 4 is 28.6 Å². The minimum atomic E-state index is -0.458. The Morgan fingerprint density at radius 1 is 1.14 bits per heavy atom. The molecule has 146 valence electrons. The molecule has 0 radical (unpaired) electrons. The number of halogens is 1. The van der Waals surface area contributed by atoms with Crippen LogP contribution in [0.3, 0.4) is 0 Å². The summed E-state index contributed by atoms with van der Waals surface area (Å²) in [5.41, 5.74) is 1.65. The standard InChI is InChI=1S/C20H20FN3O4/c1-23(13-18(25)22-15-10-8-14(21)9-11-15)19(26)7-4-12-24-16-5-2-3-6-17(16)28-20(24)27/h2-3,5-6,8-11H,4,7,12-13H2,1H3,(H,22,25). The van der Waals surface area contributed by atoms with E-state index in [2.05, 4.69) is 5.32 Å². The van der Waals surface area contributed by atoms with Gasteiger partial charge in [-0.05, 0) is 42.8 Å². The smallest absolute Gasteiger partial charge is 0.408 e. The highest BCUT2D eigenvalue weighted by molar-refractivity contribution is 5.94. The van der Waals surface area contributed by atoms with Crippen LogP contribution in [0.5, 0.6) is 0 Å². The number of para-hydroxylation sites is 2. The molecule has 3 aromatic rings. The predicted molar refractivity (Wildman–Crippen MR) is 102 cm³/mol. The Morgan fingerprint density at radius 2 is 1.86 bits per heavy atom. The average Bonchev–Trinajstić information content (AvgIpc) is 2.99. The van der Waals surface area contributed by atoms with E-state index in [0.29, 0.717) is 29.8 Å². The van der Waals surface area contributed by atoms with Gasteiger partial charge in [0.15, 0.2) is 5.58 Å². The number of amides is 2. The molecule has 28 heavy (non-hydrogen) atoms. The van der Waals surface area contributed by atoms with Gasteiger partial charge in [-0.15, -0.1) is 0 Å². The first kappa shape index (κ1) is 19.3. The van der Waals surface area contributed by atoms with Gasteiger partial charge in [0.05, 0.1) is 12.1 Å². The lowest BCUT2D eigenvalue weighted by atomic mass is 10.2. The number of rotatable bonds is 7. The van der Waals surface area contributed by atoms with Gasteiger partial charge in [0.25, 0.3) is 0 Å². The number of carbonyl (C=O) groups is 2. The fourth-order valence-electron chi connectivity index (χ4n) is 2.84. The molecule has 2 amide bonds. The number of likely N-dealkylation sites (N-methyl/N-ethyl adjacent to an activating group) is 1. The first-order valence-electron chi connectivity index (χ1n) is 8.82. The predicted octanol–water partition coefficient (Wildman–Crippen LogP) is 2.61. The third kappa shape index (κ3) is 4.64. The zero-order valence-electron chi connectivity index (χ0n) is 15.4. The number of hydrogen-bond acceptors (Lipinski definition) is 4. The highest BCUT2D eigenvalue weighted by Gasteiger charge is 2.14. The van der Waals surface area contributed by atoms with Crippen molar-refractivity contribution in [2.75, 3.05) is 18.9 Å². The molecule has 0 aliphatic carbocycles. The molecule has 7 nitrogen and oxygen atoms in total. The molecule has 0 saturated carbocycles. The molecule has 0 bridgehead atoms. The average molecular weight is 385 g/mol. The third-order valence-corrected chi connectivity index (χ3v) is 4.28. The molecular weight excluding hydrogens is 365 g/mol. The second-order valence-corrected chi connectivity index (χ2v) is 6.40. The van der Waals surface area contributed by atoms with Crippen LogP contribution in [-0.2, 0) is 16.1 Å². The van der Waals surface area contributed by atoms with Gasteiger partial charge in [-0.25, -0.2) is 9.18 Å². The number of hydrogen-bond donors (Lipinski definition) is 1. The molecule has 8 heteroatoms. The van der Waals surface area contributed by atoms with E-state index >= 15 is 0 Å². The van der Waals surface area contributed by atoms with Gasteiger partial charge in [-0.2, -0.15) is 0 Å². The SMILES string of the molecule is CN(CC(=O)Nc1ccc(F)cc1)C(=O)CCCn1c(=O)oc2ccccc21. The molecule has 1 N–H and O–H groups in total. The molecule has 3 rings (SSSR count). The van der Waals surface area contributed by atoms with Crippen molar-refractivity contribution in [3.05, 3.63) is 64.9 Å². The van der Waals surface area contributed by atoms with Crippen LogP contribution in [0, 0.1) is 5.82 Å². The lowest BCUT2D eigenvalue weighted by Gasteiger charge is -2.17. The van der Waals surface area contributed by atoms with E-state index < -0.39 is 11.6 Å². The molecular formula is C20H20FN3O4. The molecule has 0 saturated heterocycles. The van der Waals surface area contributed by atoms with Crippen LogP contribution < -0.4 is 11.1 Å². The Balaban J connectivity index is 1.48. The zero-order valence-corrected chi connectivity index (χ0v) is 15.4. The first-order valence-corrected chi connectivity index (χ1v) is 8.82. The topological polar surface area (TPSA) is 84.5 Å². The number of nitrogens with one attached hydrogen (secondary N) is 1. The van der Waals surface area contributed by atoms with Crippen LogP contribution in [0.2, 0.25) is 0 Å². The summed E-state index contributed by atoms with van der Waals surface area (Å²) in [6.45, 7) is 0.224. The maximum absolute atomic E-state index is 12.9. The van der Waals surface area contributed by atoms with E-state index in [1.54, 1.807) is 18.2 Å². The van der Waals surface area contributed by atoms with E-state index in [0.717, 1.165) is 0 Å². The Morgan fingerprint density at radius 3 is 2.61 bits per heavy atom. The van der Waals surface area contributed by atoms with Crippen molar-refractivity contribution < 1.29 is 18.4 Å². The second kappa shape index (κ2) is 8.51. The van der Waals surface area contributed by atoms with E-state index in [1.165, 1.54) is 40.8 Å². The number of nitrogens with zero attached hydrogens (tertiary/aromatic N) is 2.